The van der Waals surface area contributed by atoms with Crippen LogP contribution in [0.4, 0.5) is 0 Å². The van der Waals surface area contributed by atoms with Crippen LogP contribution in [-0.2, 0) is 9.59 Å². The Labute approximate surface area is 58.0 Å². The summed E-state index contributed by atoms with van der Waals surface area (Å²) in [6.45, 7) is -0.292. The molecule has 0 amide bonds. The highest BCUT2D eigenvalue weighted by Gasteiger charge is 1.99. The van der Waals surface area contributed by atoms with E-state index in [2.05, 4.69) is 5.32 Å². The molecule has 0 saturated carbocycles. The Morgan fingerprint density at radius 3 is 2.60 bits per heavy atom. The number of carbonyl (C=O) groups is 2. The van der Waals surface area contributed by atoms with Crippen molar-refractivity contribution in [1.29, 1.82) is 0 Å². The van der Waals surface area contributed by atoms with Gasteiger partial charge in [0.05, 0.1) is 6.54 Å². The highest BCUT2D eigenvalue weighted by molar-refractivity contribution is 5.70. The van der Waals surface area contributed by atoms with E-state index in [1.54, 1.807) is 0 Å². The predicted molar refractivity (Wildman–Crippen MR) is 34.7 cm³/mol. The van der Waals surface area contributed by atoms with Crippen LogP contribution in [0.1, 0.15) is 0 Å². The number of aliphatic carboxylic acids is 1. The second-order valence-electron chi connectivity index (χ2n) is 1.44. The molecule has 0 fully saturated rings. The van der Waals surface area contributed by atoms with Crippen LogP contribution in [0.3, 0.4) is 0 Å². The SMILES string of the molecule is N.NC(C=O)NCC(=O)O. The molecule has 6 nitrogen and oxygen atoms in total. The lowest BCUT2D eigenvalue weighted by Gasteiger charge is -2.01. The fourth-order valence-corrected chi connectivity index (χ4v) is 0.253. The number of nitrogens with one attached hydrogen (secondary N) is 1. The first kappa shape index (κ1) is 11.8. The van der Waals surface area contributed by atoms with Crippen molar-refractivity contribution >= 4 is 12.3 Å². The van der Waals surface area contributed by atoms with Crippen LogP contribution in [0.25, 0.3) is 0 Å². The van der Waals surface area contributed by atoms with Crippen LogP contribution in [0.2, 0.25) is 0 Å². The van der Waals surface area contributed by atoms with E-state index >= 15 is 0 Å². The average molecular weight is 149 g/mol. The molecule has 0 rings (SSSR count). The van der Waals surface area contributed by atoms with Gasteiger partial charge in [0.15, 0.2) is 6.29 Å². The summed E-state index contributed by atoms with van der Waals surface area (Å²) in [5, 5.41) is 10.3. The van der Waals surface area contributed by atoms with Crippen molar-refractivity contribution in [3.63, 3.8) is 0 Å². The van der Waals surface area contributed by atoms with Crippen LogP contribution >= 0.6 is 0 Å². The number of aldehydes is 1. The lowest BCUT2D eigenvalue weighted by molar-refractivity contribution is -0.136. The number of hydrogen-bond acceptors (Lipinski definition) is 5. The molecule has 0 aromatic rings. The Morgan fingerprint density at radius 2 is 2.30 bits per heavy atom. The van der Waals surface area contributed by atoms with E-state index in [1.165, 1.54) is 0 Å². The van der Waals surface area contributed by atoms with Crippen molar-refractivity contribution in [1.82, 2.24) is 11.5 Å². The molecule has 0 aliphatic rings. The number of rotatable bonds is 4. The summed E-state index contributed by atoms with van der Waals surface area (Å²) in [5.41, 5.74) is 4.98. The van der Waals surface area contributed by atoms with Crippen LogP contribution < -0.4 is 17.2 Å². The first-order valence-corrected chi connectivity index (χ1v) is 2.33. The highest BCUT2D eigenvalue weighted by atomic mass is 16.4. The molecular formula is C4H11N3O3. The quantitative estimate of drug-likeness (QED) is 0.279. The third-order valence-electron chi connectivity index (χ3n) is 0.636. The fourth-order valence-electron chi connectivity index (χ4n) is 0.253. The van der Waals surface area contributed by atoms with E-state index in [4.69, 9.17) is 10.8 Å². The predicted octanol–water partition coefficient (Wildman–Crippen LogP) is -1.69. The monoisotopic (exact) mass is 149 g/mol. The largest absolute Gasteiger partial charge is 0.480 e. The lowest BCUT2D eigenvalue weighted by Crippen LogP contribution is -2.41. The van der Waals surface area contributed by atoms with Crippen molar-refractivity contribution in [2.45, 2.75) is 6.17 Å². The number of carbonyl (C=O) groups excluding carboxylic acids is 1. The molecule has 0 radical (unpaired) electrons. The summed E-state index contributed by atoms with van der Waals surface area (Å²) in [5.74, 6) is -1.03. The molecule has 0 aromatic carbocycles. The van der Waals surface area contributed by atoms with E-state index in [9.17, 15) is 9.59 Å². The third kappa shape index (κ3) is 7.02. The summed E-state index contributed by atoms with van der Waals surface area (Å²) < 4.78 is 0. The molecule has 0 saturated heterocycles. The zero-order valence-electron chi connectivity index (χ0n) is 5.41. The Bertz CT molecular complexity index is 116. The van der Waals surface area contributed by atoms with Gasteiger partial charge in [-0.3, -0.25) is 10.1 Å². The van der Waals surface area contributed by atoms with Gasteiger partial charge in [-0.05, 0) is 0 Å². The Balaban J connectivity index is 0. The molecule has 0 heterocycles. The molecule has 6 heteroatoms. The van der Waals surface area contributed by atoms with Crippen LogP contribution in [0.5, 0.6) is 0 Å². The van der Waals surface area contributed by atoms with Crippen molar-refractivity contribution < 1.29 is 14.7 Å². The first-order valence-electron chi connectivity index (χ1n) is 2.33. The molecule has 0 aliphatic heterocycles. The molecule has 0 bridgehead atoms. The van der Waals surface area contributed by atoms with Crippen molar-refractivity contribution in [3.05, 3.63) is 0 Å². The number of nitrogens with two attached hydrogens (primary N) is 1. The Morgan fingerprint density at radius 1 is 1.80 bits per heavy atom. The molecule has 0 aromatic heterocycles. The second kappa shape index (κ2) is 6.14. The Hall–Kier alpha value is -0.980. The van der Waals surface area contributed by atoms with E-state index in [0.717, 1.165) is 0 Å². The van der Waals surface area contributed by atoms with Crippen LogP contribution in [0.15, 0.2) is 0 Å². The Kier molecular flexibility index (Phi) is 7.23. The maximum atomic E-state index is 9.79. The number of carboxylic acid groups (broad SMARTS) is 1. The zero-order chi connectivity index (χ0) is 7.28. The van der Waals surface area contributed by atoms with E-state index in [1.807, 2.05) is 0 Å². The van der Waals surface area contributed by atoms with Gasteiger partial charge >= 0.3 is 5.97 Å². The molecule has 0 spiro atoms. The maximum Gasteiger partial charge on any atom is 0.317 e. The fraction of sp³-hybridized carbons (Fsp3) is 0.500. The normalized spacial score (nSPS) is 11.3. The number of carboxylic acids is 1. The van der Waals surface area contributed by atoms with Gasteiger partial charge in [0, 0.05) is 0 Å². The average Bonchev–Trinajstić information content (AvgIpc) is 1.83. The van der Waals surface area contributed by atoms with Gasteiger partial charge in [-0.2, -0.15) is 0 Å². The molecular weight excluding hydrogens is 138 g/mol. The molecule has 10 heavy (non-hydrogen) atoms. The van der Waals surface area contributed by atoms with Crippen molar-refractivity contribution in [3.8, 4) is 0 Å². The van der Waals surface area contributed by atoms with E-state index < -0.39 is 12.1 Å². The lowest BCUT2D eigenvalue weighted by atomic mass is 10.5. The topological polar surface area (TPSA) is 127 Å². The van der Waals surface area contributed by atoms with Gasteiger partial charge < -0.3 is 21.8 Å². The van der Waals surface area contributed by atoms with Gasteiger partial charge in [-0.1, -0.05) is 0 Å². The molecule has 60 valence electrons. The van der Waals surface area contributed by atoms with Crippen LogP contribution in [0, 0.1) is 0 Å². The van der Waals surface area contributed by atoms with Crippen molar-refractivity contribution in [2.75, 3.05) is 6.54 Å². The zero-order valence-corrected chi connectivity index (χ0v) is 5.41. The minimum absolute atomic E-state index is 0. The third-order valence-corrected chi connectivity index (χ3v) is 0.636. The molecule has 0 aliphatic carbocycles. The van der Waals surface area contributed by atoms with Gasteiger partial charge in [-0.25, -0.2) is 0 Å². The van der Waals surface area contributed by atoms with E-state index in [0.29, 0.717) is 6.29 Å². The standard InChI is InChI=1S/C4H8N2O3.H3N/c5-3(2-7)6-1-4(8)9;/h2-3,6H,1,5H2,(H,8,9);1H3. The minimum atomic E-state index is -1.03. The van der Waals surface area contributed by atoms with E-state index in [-0.39, 0.29) is 12.7 Å². The summed E-state index contributed by atoms with van der Waals surface area (Å²) in [6, 6.07) is 0. The molecule has 7 N–H and O–H groups in total. The van der Waals surface area contributed by atoms with Gasteiger partial charge in [0.2, 0.25) is 0 Å². The van der Waals surface area contributed by atoms with Gasteiger partial charge in [-0.15, -0.1) is 0 Å². The molecule has 1 atom stereocenters. The maximum absolute atomic E-state index is 9.79. The smallest absolute Gasteiger partial charge is 0.317 e. The highest BCUT2D eigenvalue weighted by Crippen LogP contribution is 1.62. The summed E-state index contributed by atoms with van der Waals surface area (Å²) in [6.07, 6.45) is -0.441. The minimum Gasteiger partial charge on any atom is -0.480 e. The summed E-state index contributed by atoms with van der Waals surface area (Å²) in [4.78, 5) is 19.5. The summed E-state index contributed by atoms with van der Waals surface area (Å²) in [7, 11) is 0. The second-order valence-corrected chi connectivity index (χ2v) is 1.44. The number of hydrogen-bond donors (Lipinski definition) is 4. The van der Waals surface area contributed by atoms with Gasteiger partial charge in [0.1, 0.15) is 6.17 Å². The first-order chi connectivity index (χ1) is 4.16. The van der Waals surface area contributed by atoms with Gasteiger partial charge in [0.25, 0.3) is 0 Å². The van der Waals surface area contributed by atoms with Crippen LogP contribution in [-0.4, -0.2) is 30.1 Å². The van der Waals surface area contributed by atoms with Crippen molar-refractivity contribution in [2.24, 2.45) is 5.73 Å². The molecule has 1 unspecified atom stereocenters. The summed E-state index contributed by atoms with van der Waals surface area (Å²) >= 11 is 0.